The van der Waals surface area contributed by atoms with Crippen molar-refractivity contribution in [2.45, 2.75) is 6.43 Å². The van der Waals surface area contributed by atoms with Gasteiger partial charge in [-0.1, -0.05) is 0 Å². The molecule has 2 amide bonds. The van der Waals surface area contributed by atoms with Gasteiger partial charge in [-0.05, 0) is 0 Å². The van der Waals surface area contributed by atoms with E-state index in [4.69, 9.17) is 10.5 Å². The van der Waals surface area contributed by atoms with Crippen molar-refractivity contribution in [2.24, 2.45) is 5.73 Å². The summed E-state index contributed by atoms with van der Waals surface area (Å²) in [5, 5.41) is 0. The van der Waals surface area contributed by atoms with Gasteiger partial charge in [0.15, 0.2) is 0 Å². The van der Waals surface area contributed by atoms with Crippen LogP contribution >= 0.6 is 0 Å². The zero-order valence-corrected chi connectivity index (χ0v) is 9.07. The maximum atomic E-state index is 12.3. The maximum Gasteiger partial charge on any atom is 0.320 e. The molecule has 1 aliphatic heterocycles. The Morgan fingerprint density at radius 1 is 1.44 bits per heavy atom. The molecule has 0 aromatic rings. The van der Waals surface area contributed by atoms with Crippen LogP contribution in [0.3, 0.4) is 0 Å². The summed E-state index contributed by atoms with van der Waals surface area (Å²) in [6.45, 7) is 1.58. The summed E-state index contributed by atoms with van der Waals surface area (Å²) < 4.78 is 29.6. The molecule has 0 unspecified atom stereocenters. The van der Waals surface area contributed by atoms with Crippen molar-refractivity contribution in [1.82, 2.24) is 9.80 Å². The predicted molar refractivity (Wildman–Crippen MR) is 54.4 cm³/mol. The average molecular weight is 237 g/mol. The fraction of sp³-hybridized carbons (Fsp3) is 0.889. The van der Waals surface area contributed by atoms with Crippen LogP contribution in [0.2, 0.25) is 0 Å². The largest absolute Gasteiger partial charge is 0.378 e. The Balaban J connectivity index is 2.50. The number of alkyl halides is 2. The van der Waals surface area contributed by atoms with E-state index in [0.717, 1.165) is 4.90 Å². The van der Waals surface area contributed by atoms with Crippen LogP contribution in [0, 0.1) is 0 Å². The van der Waals surface area contributed by atoms with Crippen LogP contribution in [0.4, 0.5) is 13.6 Å². The zero-order valence-electron chi connectivity index (χ0n) is 9.07. The van der Waals surface area contributed by atoms with E-state index in [0.29, 0.717) is 26.3 Å². The smallest absolute Gasteiger partial charge is 0.320 e. The molecule has 1 aliphatic rings. The second-order valence-corrected chi connectivity index (χ2v) is 3.51. The molecule has 0 aliphatic carbocycles. The molecule has 16 heavy (non-hydrogen) atoms. The normalized spacial score (nSPS) is 16.6. The predicted octanol–water partition coefficient (Wildman–Crippen LogP) is -0.0356. The first-order valence-electron chi connectivity index (χ1n) is 5.25. The first kappa shape index (κ1) is 13.1. The van der Waals surface area contributed by atoms with Crippen molar-refractivity contribution in [1.29, 1.82) is 0 Å². The molecule has 5 nitrogen and oxygen atoms in total. The molecule has 0 radical (unpaired) electrons. The van der Waals surface area contributed by atoms with Crippen LogP contribution in [0.1, 0.15) is 0 Å². The lowest BCUT2D eigenvalue weighted by molar-refractivity contribution is 0.0350. The van der Waals surface area contributed by atoms with E-state index in [1.165, 1.54) is 4.90 Å². The van der Waals surface area contributed by atoms with Crippen LogP contribution < -0.4 is 5.73 Å². The minimum Gasteiger partial charge on any atom is -0.378 e. The Morgan fingerprint density at radius 2 is 2.06 bits per heavy atom. The number of morpholine rings is 1. The lowest BCUT2D eigenvalue weighted by atomic mass is 10.4. The molecule has 94 valence electrons. The van der Waals surface area contributed by atoms with Crippen molar-refractivity contribution in [3.8, 4) is 0 Å². The van der Waals surface area contributed by atoms with Crippen molar-refractivity contribution in [2.75, 3.05) is 45.9 Å². The van der Waals surface area contributed by atoms with Crippen LogP contribution in [0.25, 0.3) is 0 Å². The quantitative estimate of drug-likeness (QED) is 0.746. The summed E-state index contributed by atoms with van der Waals surface area (Å²) in [6, 6.07) is -0.381. The number of nitrogens with two attached hydrogens (primary N) is 1. The fourth-order valence-electron chi connectivity index (χ4n) is 1.54. The van der Waals surface area contributed by atoms with Crippen molar-refractivity contribution in [3.05, 3.63) is 0 Å². The first-order chi connectivity index (χ1) is 7.65. The lowest BCUT2D eigenvalue weighted by Crippen LogP contribution is -2.50. The molecule has 0 bridgehead atoms. The Morgan fingerprint density at radius 3 is 2.56 bits per heavy atom. The van der Waals surface area contributed by atoms with Crippen molar-refractivity contribution in [3.63, 3.8) is 0 Å². The Labute approximate surface area is 93.1 Å². The third-order valence-corrected chi connectivity index (χ3v) is 2.31. The third-order valence-electron chi connectivity index (χ3n) is 2.31. The van der Waals surface area contributed by atoms with Gasteiger partial charge in [0, 0.05) is 26.2 Å². The number of nitrogens with zero attached hydrogens (tertiary/aromatic N) is 2. The highest BCUT2D eigenvalue weighted by molar-refractivity contribution is 5.74. The number of urea groups is 1. The molecular formula is C9H17F2N3O2. The number of carbonyl (C=O) groups is 1. The van der Waals surface area contributed by atoms with Gasteiger partial charge in [0.25, 0.3) is 6.43 Å². The second-order valence-electron chi connectivity index (χ2n) is 3.51. The molecule has 0 saturated carbocycles. The van der Waals surface area contributed by atoms with Gasteiger partial charge in [-0.25, -0.2) is 13.6 Å². The van der Waals surface area contributed by atoms with E-state index in [1.807, 2.05) is 0 Å². The minimum atomic E-state index is -2.53. The molecular weight excluding hydrogens is 220 g/mol. The number of rotatable bonds is 4. The molecule has 1 saturated heterocycles. The van der Waals surface area contributed by atoms with Crippen molar-refractivity contribution >= 4 is 6.03 Å². The van der Waals surface area contributed by atoms with Crippen LogP contribution in [0.15, 0.2) is 0 Å². The Kier molecular flexibility index (Phi) is 5.41. The number of hydrogen-bond donors (Lipinski definition) is 1. The summed E-state index contributed by atoms with van der Waals surface area (Å²) in [5.41, 5.74) is 5.29. The highest BCUT2D eigenvalue weighted by Crippen LogP contribution is 2.05. The molecule has 1 heterocycles. The molecule has 1 fully saturated rings. The summed E-state index contributed by atoms with van der Waals surface area (Å²) in [7, 11) is 0. The summed E-state index contributed by atoms with van der Waals surface area (Å²) >= 11 is 0. The minimum absolute atomic E-state index is 0.153. The summed E-state index contributed by atoms with van der Waals surface area (Å²) in [5.74, 6) is 0. The van der Waals surface area contributed by atoms with E-state index in [2.05, 4.69) is 0 Å². The molecule has 1 rings (SSSR count). The Bertz CT molecular complexity index is 223. The molecule has 0 spiro atoms. The van der Waals surface area contributed by atoms with Crippen LogP contribution in [-0.2, 0) is 4.74 Å². The van der Waals surface area contributed by atoms with Crippen molar-refractivity contribution < 1.29 is 18.3 Å². The maximum absolute atomic E-state index is 12.3. The van der Waals surface area contributed by atoms with E-state index >= 15 is 0 Å². The van der Waals surface area contributed by atoms with Gasteiger partial charge >= 0.3 is 6.03 Å². The first-order valence-corrected chi connectivity index (χ1v) is 5.25. The molecule has 2 N–H and O–H groups in total. The van der Waals surface area contributed by atoms with Gasteiger partial charge in [0.05, 0.1) is 19.8 Å². The molecule has 0 atom stereocenters. The fourth-order valence-corrected chi connectivity index (χ4v) is 1.54. The van der Waals surface area contributed by atoms with Gasteiger partial charge in [-0.2, -0.15) is 0 Å². The number of hydrogen-bond acceptors (Lipinski definition) is 3. The van der Waals surface area contributed by atoms with Gasteiger partial charge in [0.1, 0.15) is 0 Å². The molecule has 0 aromatic carbocycles. The van der Waals surface area contributed by atoms with Gasteiger partial charge in [-0.3, -0.25) is 0 Å². The lowest BCUT2D eigenvalue weighted by Gasteiger charge is -2.32. The number of ether oxygens (including phenoxy) is 1. The number of amides is 2. The molecule has 7 heteroatoms. The van der Waals surface area contributed by atoms with E-state index in [1.54, 1.807) is 0 Å². The van der Waals surface area contributed by atoms with Gasteiger partial charge in [-0.15, -0.1) is 0 Å². The number of carbonyl (C=O) groups excluding carboxylic acids is 1. The zero-order chi connectivity index (χ0) is 12.0. The van der Waals surface area contributed by atoms with Crippen LogP contribution in [0.5, 0.6) is 0 Å². The standard InChI is InChI=1S/C9H17F2N3O2/c10-8(11)7-14(2-1-12)9(15)13-3-5-16-6-4-13/h8H,1-7,12H2. The van der Waals surface area contributed by atoms with E-state index < -0.39 is 13.0 Å². The molecule has 0 aromatic heterocycles. The summed E-state index contributed by atoms with van der Waals surface area (Å²) in [4.78, 5) is 14.4. The van der Waals surface area contributed by atoms with E-state index in [9.17, 15) is 13.6 Å². The van der Waals surface area contributed by atoms with Gasteiger partial charge < -0.3 is 20.3 Å². The SMILES string of the molecule is NCCN(CC(F)F)C(=O)N1CCOCC1. The highest BCUT2D eigenvalue weighted by Gasteiger charge is 2.24. The monoisotopic (exact) mass is 237 g/mol. The number of halogens is 2. The third kappa shape index (κ3) is 3.90. The average Bonchev–Trinajstić information content (AvgIpc) is 2.28. The van der Waals surface area contributed by atoms with E-state index in [-0.39, 0.29) is 19.1 Å². The highest BCUT2D eigenvalue weighted by atomic mass is 19.3. The Hall–Kier alpha value is -0.950. The van der Waals surface area contributed by atoms with Crippen LogP contribution in [-0.4, -0.2) is 68.2 Å². The van der Waals surface area contributed by atoms with Gasteiger partial charge in [0.2, 0.25) is 0 Å². The second kappa shape index (κ2) is 6.59. The topological polar surface area (TPSA) is 58.8 Å². The summed E-state index contributed by atoms with van der Waals surface area (Å²) in [6.07, 6.45) is -2.53.